The van der Waals surface area contributed by atoms with Gasteiger partial charge in [0.15, 0.2) is 0 Å². The highest BCUT2D eigenvalue weighted by Crippen LogP contribution is 2.32. The number of halogens is 1. The Balaban J connectivity index is 1.74. The maximum Gasteiger partial charge on any atom is 0.243 e. The molecule has 5 heteroatoms. The van der Waals surface area contributed by atoms with Gasteiger partial charge in [-0.2, -0.15) is 0 Å². The lowest BCUT2D eigenvalue weighted by Crippen LogP contribution is -2.47. The van der Waals surface area contributed by atoms with Crippen LogP contribution in [0.5, 0.6) is 0 Å². The Kier molecular flexibility index (Phi) is 4.60. The summed E-state index contributed by atoms with van der Waals surface area (Å²) in [5.41, 5.74) is 2.63. The minimum Gasteiger partial charge on any atom is -0.350 e. The van der Waals surface area contributed by atoms with E-state index in [-0.39, 0.29) is 17.6 Å². The molecule has 24 heavy (non-hydrogen) atoms. The van der Waals surface area contributed by atoms with Gasteiger partial charge in [0.2, 0.25) is 11.8 Å². The van der Waals surface area contributed by atoms with Crippen LogP contribution in [0.2, 0.25) is 0 Å². The van der Waals surface area contributed by atoms with Gasteiger partial charge in [0.25, 0.3) is 0 Å². The van der Waals surface area contributed by atoms with Crippen molar-refractivity contribution < 1.29 is 14.0 Å². The molecular weight excluding hydrogens is 307 g/mol. The lowest BCUT2D eigenvalue weighted by Gasteiger charge is -2.24. The quantitative estimate of drug-likeness (QED) is 0.939. The number of anilines is 1. The Bertz CT molecular complexity index is 758. The predicted molar refractivity (Wildman–Crippen MR) is 90.0 cm³/mol. The van der Waals surface area contributed by atoms with Crippen molar-refractivity contribution in [2.75, 3.05) is 4.90 Å². The monoisotopic (exact) mass is 326 g/mol. The van der Waals surface area contributed by atoms with Gasteiger partial charge in [0.05, 0.1) is 0 Å². The predicted octanol–water partition coefficient (Wildman–Crippen LogP) is 2.81. The molecule has 0 fully saturated rings. The van der Waals surface area contributed by atoms with E-state index in [4.69, 9.17) is 0 Å². The second kappa shape index (κ2) is 6.83. The van der Waals surface area contributed by atoms with Crippen molar-refractivity contribution in [1.29, 1.82) is 0 Å². The average Bonchev–Trinajstić information content (AvgIpc) is 3.00. The molecule has 0 radical (unpaired) electrons. The SMILES string of the molecule is CCC(=O)N1c2ccccc2C[C@@H]1C(=O)NCc1ccc(F)cc1. The van der Waals surface area contributed by atoms with Gasteiger partial charge in [0, 0.05) is 25.1 Å². The number of nitrogens with one attached hydrogen (secondary N) is 1. The van der Waals surface area contributed by atoms with E-state index in [0.717, 1.165) is 16.8 Å². The third kappa shape index (κ3) is 3.15. The molecule has 0 spiro atoms. The van der Waals surface area contributed by atoms with Crippen LogP contribution in [-0.4, -0.2) is 17.9 Å². The Morgan fingerprint density at radius 2 is 1.88 bits per heavy atom. The van der Waals surface area contributed by atoms with Crippen molar-refractivity contribution in [2.24, 2.45) is 0 Å². The third-order valence-corrected chi connectivity index (χ3v) is 4.23. The van der Waals surface area contributed by atoms with Crippen LogP contribution in [0.15, 0.2) is 48.5 Å². The average molecular weight is 326 g/mol. The number of benzene rings is 2. The number of hydrogen-bond donors (Lipinski definition) is 1. The van der Waals surface area contributed by atoms with E-state index in [0.29, 0.717) is 19.4 Å². The summed E-state index contributed by atoms with van der Waals surface area (Å²) in [6.07, 6.45) is 0.854. The molecule has 2 aromatic rings. The van der Waals surface area contributed by atoms with E-state index in [2.05, 4.69) is 5.32 Å². The van der Waals surface area contributed by atoms with E-state index >= 15 is 0 Å². The van der Waals surface area contributed by atoms with Crippen LogP contribution in [0.1, 0.15) is 24.5 Å². The Hall–Kier alpha value is -2.69. The van der Waals surface area contributed by atoms with Crippen LogP contribution in [0, 0.1) is 5.82 Å². The first kappa shape index (κ1) is 16.2. The Morgan fingerprint density at radius 3 is 2.58 bits per heavy atom. The molecule has 3 rings (SSSR count). The fourth-order valence-corrected chi connectivity index (χ4v) is 2.98. The summed E-state index contributed by atoms with van der Waals surface area (Å²) in [5.74, 6) is -0.574. The zero-order chi connectivity index (χ0) is 17.1. The van der Waals surface area contributed by atoms with Gasteiger partial charge >= 0.3 is 0 Å². The number of fused-ring (bicyclic) bond motifs is 1. The van der Waals surface area contributed by atoms with Crippen LogP contribution >= 0.6 is 0 Å². The van der Waals surface area contributed by atoms with Crippen LogP contribution in [0.3, 0.4) is 0 Å². The highest BCUT2D eigenvalue weighted by molar-refractivity contribution is 6.03. The topological polar surface area (TPSA) is 49.4 Å². The summed E-state index contributed by atoms with van der Waals surface area (Å²) < 4.78 is 12.9. The molecule has 2 aromatic carbocycles. The van der Waals surface area contributed by atoms with E-state index in [9.17, 15) is 14.0 Å². The lowest BCUT2D eigenvalue weighted by molar-refractivity contribution is -0.126. The first-order valence-corrected chi connectivity index (χ1v) is 8.02. The molecule has 4 nitrogen and oxygen atoms in total. The number of carbonyl (C=O) groups excluding carboxylic acids is 2. The molecular formula is C19H19FN2O2. The van der Waals surface area contributed by atoms with Gasteiger partial charge in [-0.05, 0) is 29.3 Å². The molecule has 0 unspecified atom stereocenters. The maximum atomic E-state index is 12.9. The number of carbonyl (C=O) groups is 2. The normalized spacial score (nSPS) is 15.9. The van der Waals surface area contributed by atoms with Crippen molar-refractivity contribution in [2.45, 2.75) is 32.4 Å². The highest BCUT2D eigenvalue weighted by Gasteiger charge is 2.37. The van der Waals surface area contributed by atoms with Crippen molar-refractivity contribution in [3.05, 3.63) is 65.5 Å². The van der Waals surface area contributed by atoms with Crippen molar-refractivity contribution in [3.8, 4) is 0 Å². The molecule has 2 amide bonds. The van der Waals surface area contributed by atoms with Gasteiger partial charge < -0.3 is 5.32 Å². The molecule has 1 aliphatic rings. The minimum absolute atomic E-state index is 0.0677. The van der Waals surface area contributed by atoms with Gasteiger partial charge in [-0.15, -0.1) is 0 Å². The fraction of sp³-hybridized carbons (Fsp3) is 0.263. The van der Waals surface area contributed by atoms with Gasteiger partial charge in [-0.3, -0.25) is 14.5 Å². The van der Waals surface area contributed by atoms with Crippen LogP contribution in [-0.2, 0) is 22.6 Å². The Morgan fingerprint density at radius 1 is 1.17 bits per heavy atom. The lowest BCUT2D eigenvalue weighted by atomic mass is 10.1. The van der Waals surface area contributed by atoms with Gasteiger partial charge in [-0.25, -0.2) is 4.39 Å². The zero-order valence-electron chi connectivity index (χ0n) is 13.5. The maximum absolute atomic E-state index is 12.9. The third-order valence-electron chi connectivity index (χ3n) is 4.23. The first-order chi connectivity index (χ1) is 11.6. The van der Waals surface area contributed by atoms with E-state index in [1.54, 1.807) is 24.0 Å². The molecule has 1 heterocycles. The van der Waals surface area contributed by atoms with E-state index in [1.165, 1.54) is 12.1 Å². The van der Waals surface area contributed by atoms with Crippen molar-refractivity contribution >= 4 is 17.5 Å². The number of nitrogens with zero attached hydrogens (tertiary/aromatic N) is 1. The molecule has 0 aliphatic carbocycles. The zero-order valence-corrected chi connectivity index (χ0v) is 13.5. The summed E-state index contributed by atoms with van der Waals surface area (Å²) in [6.45, 7) is 2.09. The van der Waals surface area contributed by atoms with Crippen LogP contribution < -0.4 is 10.2 Å². The second-order valence-corrected chi connectivity index (χ2v) is 5.81. The number of rotatable bonds is 4. The second-order valence-electron chi connectivity index (χ2n) is 5.81. The largest absolute Gasteiger partial charge is 0.350 e. The van der Waals surface area contributed by atoms with E-state index in [1.807, 2.05) is 24.3 Å². The Labute approximate surface area is 140 Å². The minimum atomic E-state index is -0.532. The van der Waals surface area contributed by atoms with Gasteiger partial charge in [-0.1, -0.05) is 37.3 Å². The number of hydrogen-bond acceptors (Lipinski definition) is 2. The van der Waals surface area contributed by atoms with Crippen molar-refractivity contribution in [3.63, 3.8) is 0 Å². The summed E-state index contributed by atoms with van der Waals surface area (Å²) in [5, 5.41) is 2.85. The first-order valence-electron chi connectivity index (χ1n) is 8.02. The summed E-state index contributed by atoms with van der Waals surface area (Å²) in [6, 6.07) is 13.0. The summed E-state index contributed by atoms with van der Waals surface area (Å²) in [7, 11) is 0. The molecule has 1 atom stereocenters. The molecule has 0 saturated carbocycles. The molecule has 124 valence electrons. The molecule has 0 bridgehead atoms. The highest BCUT2D eigenvalue weighted by atomic mass is 19.1. The van der Waals surface area contributed by atoms with Gasteiger partial charge in [0.1, 0.15) is 11.9 Å². The summed E-state index contributed by atoms with van der Waals surface area (Å²) >= 11 is 0. The standard InChI is InChI=1S/C19H19FN2O2/c1-2-18(23)22-16-6-4-3-5-14(16)11-17(22)19(24)21-12-13-7-9-15(20)10-8-13/h3-10,17H,2,11-12H2,1H3,(H,21,24)/t17-/m1/s1. The molecule has 1 aliphatic heterocycles. The number of amides is 2. The fourth-order valence-electron chi connectivity index (χ4n) is 2.98. The smallest absolute Gasteiger partial charge is 0.243 e. The molecule has 0 saturated heterocycles. The van der Waals surface area contributed by atoms with Crippen molar-refractivity contribution in [1.82, 2.24) is 5.32 Å². The van der Waals surface area contributed by atoms with E-state index < -0.39 is 6.04 Å². The van der Waals surface area contributed by atoms with Crippen LogP contribution in [0.4, 0.5) is 10.1 Å². The van der Waals surface area contributed by atoms with Crippen LogP contribution in [0.25, 0.3) is 0 Å². The molecule has 0 aromatic heterocycles. The molecule has 1 N–H and O–H groups in total. The number of para-hydroxylation sites is 1. The summed E-state index contributed by atoms with van der Waals surface area (Å²) in [4.78, 5) is 26.5.